The molecule has 1 aliphatic rings. The molecule has 2 N–H and O–H groups in total. The first-order chi connectivity index (χ1) is 5.08. The number of rotatable bonds is 2. The molecule has 1 atom stereocenters. The second-order valence-corrected chi connectivity index (χ2v) is 4.71. The lowest BCUT2D eigenvalue weighted by Gasteiger charge is -2.22. The summed E-state index contributed by atoms with van der Waals surface area (Å²) >= 11 is 0. The van der Waals surface area contributed by atoms with Crippen LogP contribution in [-0.2, 0) is 10.0 Å². The molecular formula is C6H14N2O2S. The lowest BCUT2D eigenvalue weighted by Crippen LogP contribution is -2.45. The van der Waals surface area contributed by atoms with Crippen LogP contribution >= 0.6 is 0 Å². The minimum atomic E-state index is -3.01. The van der Waals surface area contributed by atoms with Gasteiger partial charge >= 0.3 is 0 Å². The topological polar surface area (TPSA) is 58.2 Å². The molecular weight excluding hydrogens is 164 g/mol. The Kier molecular flexibility index (Phi) is 2.86. The van der Waals surface area contributed by atoms with Gasteiger partial charge < -0.3 is 5.32 Å². The summed E-state index contributed by atoms with van der Waals surface area (Å²) in [6, 6.07) is 0.0961. The average Bonchev–Trinajstić information content (AvgIpc) is 1.85. The number of sulfonamides is 1. The molecule has 0 aromatic heterocycles. The van der Waals surface area contributed by atoms with Crippen molar-refractivity contribution in [2.24, 2.45) is 0 Å². The second-order valence-electron chi connectivity index (χ2n) is 2.93. The smallest absolute Gasteiger partial charge is 0.208 e. The van der Waals surface area contributed by atoms with Crippen molar-refractivity contribution in [2.45, 2.75) is 18.9 Å². The van der Waals surface area contributed by atoms with Crippen molar-refractivity contribution < 1.29 is 8.42 Å². The standard InChI is InChI=1S/C6H14N2O2S/c1-11(9,10)8-6-3-2-4-7-5-6/h6-8H,2-5H2,1H3. The van der Waals surface area contributed by atoms with Crippen LogP contribution in [-0.4, -0.2) is 33.8 Å². The van der Waals surface area contributed by atoms with Crippen LogP contribution in [0.3, 0.4) is 0 Å². The predicted octanol–water partition coefficient (Wildman–Crippen LogP) is -0.712. The molecule has 1 heterocycles. The van der Waals surface area contributed by atoms with Crippen molar-refractivity contribution in [2.75, 3.05) is 19.3 Å². The highest BCUT2D eigenvalue weighted by Crippen LogP contribution is 2.01. The summed E-state index contributed by atoms with van der Waals surface area (Å²) < 4.78 is 24.1. The van der Waals surface area contributed by atoms with Crippen LogP contribution in [0.2, 0.25) is 0 Å². The number of nitrogens with one attached hydrogen (secondary N) is 2. The van der Waals surface area contributed by atoms with Crippen LogP contribution in [0.4, 0.5) is 0 Å². The normalized spacial score (nSPS) is 26.8. The first-order valence-corrected chi connectivity index (χ1v) is 5.65. The largest absolute Gasteiger partial charge is 0.315 e. The Morgan fingerprint density at radius 3 is 2.73 bits per heavy atom. The van der Waals surface area contributed by atoms with Gasteiger partial charge in [0.05, 0.1) is 6.26 Å². The third-order valence-electron chi connectivity index (χ3n) is 1.68. The summed E-state index contributed by atoms with van der Waals surface area (Å²) in [5, 5.41) is 3.13. The zero-order chi connectivity index (χ0) is 8.32. The average molecular weight is 178 g/mol. The van der Waals surface area contributed by atoms with Gasteiger partial charge in [-0.2, -0.15) is 0 Å². The first kappa shape index (κ1) is 8.96. The van der Waals surface area contributed by atoms with Crippen LogP contribution in [0.5, 0.6) is 0 Å². The van der Waals surface area contributed by atoms with Gasteiger partial charge in [0.2, 0.25) is 10.0 Å². The van der Waals surface area contributed by atoms with E-state index >= 15 is 0 Å². The quantitative estimate of drug-likeness (QED) is 0.587. The van der Waals surface area contributed by atoms with Crippen LogP contribution in [0.15, 0.2) is 0 Å². The van der Waals surface area contributed by atoms with Gasteiger partial charge in [0.15, 0.2) is 0 Å². The second kappa shape index (κ2) is 3.51. The van der Waals surface area contributed by atoms with Crippen molar-refractivity contribution in [1.29, 1.82) is 0 Å². The molecule has 1 saturated heterocycles. The molecule has 0 bridgehead atoms. The van der Waals surface area contributed by atoms with Gasteiger partial charge in [-0.25, -0.2) is 13.1 Å². The monoisotopic (exact) mass is 178 g/mol. The summed E-state index contributed by atoms with van der Waals surface area (Å²) in [7, 11) is -3.01. The van der Waals surface area contributed by atoms with E-state index in [1.807, 2.05) is 0 Å². The zero-order valence-electron chi connectivity index (χ0n) is 6.63. The molecule has 1 unspecified atom stereocenters. The Morgan fingerprint density at radius 1 is 1.55 bits per heavy atom. The van der Waals surface area contributed by atoms with Gasteiger partial charge in [-0.05, 0) is 19.4 Å². The maximum absolute atomic E-state index is 10.8. The van der Waals surface area contributed by atoms with Crippen LogP contribution in [0.1, 0.15) is 12.8 Å². The highest BCUT2D eigenvalue weighted by Gasteiger charge is 2.15. The SMILES string of the molecule is CS(=O)(=O)NC1CCCNC1. The van der Waals surface area contributed by atoms with E-state index in [1.165, 1.54) is 6.26 Å². The van der Waals surface area contributed by atoms with Crippen molar-refractivity contribution in [1.82, 2.24) is 10.0 Å². The Bertz CT molecular complexity index is 207. The molecule has 0 aromatic carbocycles. The van der Waals surface area contributed by atoms with E-state index in [0.717, 1.165) is 25.9 Å². The van der Waals surface area contributed by atoms with E-state index in [4.69, 9.17) is 0 Å². The summed E-state index contributed by atoms with van der Waals surface area (Å²) in [4.78, 5) is 0. The fourth-order valence-corrected chi connectivity index (χ4v) is 2.06. The molecule has 1 rings (SSSR count). The van der Waals surface area contributed by atoms with Crippen molar-refractivity contribution in [3.63, 3.8) is 0 Å². The van der Waals surface area contributed by atoms with E-state index in [1.54, 1.807) is 0 Å². The molecule has 5 heteroatoms. The lowest BCUT2D eigenvalue weighted by molar-refractivity contribution is 0.430. The van der Waals surface area contributed by atoms with Crippen molar-refractivity contribution >= 4 is 10.0 Å². The van der Waals surface area contributed by atoms with Gasteiger partial charge in [0, 0.05) is 12.6 Å². The van der Waals surface area contributed by atoms with Gasteiger partial charge in [0.1, 0.15) is 0 Å². The molecule has 0 radical (unpaired) electrons. The van der Waals surface area contributed by atoms with E-state index in [9.17, 15) is 8.42 Å². The van der Waals surface area contributed by atoms with Crippen LogP contribution < -0.4 is 10.0 Å². The molecule has 1 aliphatic heterocycles. The van der Waals surface area contributed by atoms with E-state index < -0.39 is 10.0 Å². The number of piperidine rings is 1. The Hall–Kier alpha value is -0.130. The molecule has 0 saturated carbocycles. The molecule has 1 fully saturated rings. The molecule has 0 aromatic rings. The van der Waals surface area contributed by atoms with Crippen LogP contribution in [0.25, 0.3) is 0 Å². The highest BCUT2D eigenvalue weighted by atomic mass is 32.2. The molecule has 4 nitrogen and oxygen atoms in total. The zero-order valence-corrected chi connectivity index (χ0v) is 7.45. The minimum Gasteiger partial charge on any atom is -0.315 e. The van der Waals surface area contributed by atoms with Crippen molar-refractivity contribution in [3.05, 3.63) is 0 Å². The Balaban J connectivity index is 2.36. The summed E-state index contributed by atoms with van der Waals surface area (Å²) in [6.07, 6.45) is 3.19. The fraction of sp³-hybridized carbons (Fsp3) is 1.00. The third-order valence-corrected chi connectivity index (χ3v) is 2.44. The number of hydrogen-bond acceptors (Lipinski definition) is 3. The van der Waals surface area contributed by atoms with Gasteiger partial charge in [-0.15, -0.1) is 0 Å². The van der Waals surface area contributed by atoms with Gasteiger partial charge in [-0.3, -0.25) is 0 Å². The molecule has 0 aliphatic carbocycles. The van der Waals surface area contributed by atoms with Gasteiger partial charge in [-0.1, -0.05) is 0 Å². The number of hydrogen-bond donors (Lipinski definition) is 2. The van der Waals surface area contributed by atoms with E-state index in [-0.39, 0.29) is 6.04 Å². The Labute approximate surface area is 67.4 Å². The van der Waals surface area contributed by atoms with Crippen LogP contribution in [0, 0.1) is 0 Å². The van der Waals surface area contributed by atoms with E-state index in [0.29, 0.717) is 0 Å². The summed E-state index contributed by atoms with van der Waals surface area (Å²) in [5.74, 6) is 0. The summed E-state index contributed by atoms with van der Waals surface area (Å²) in [5.41, 5.74) is 0. The first-order valence-electron chi connectivity index (χ1n) is 3.76. The third kappa shape index (κ3) is 3.69. The summed E-state index contributed by atoms with van der Waals surface area (Å²) in [6.45, 7) is 1.76. The molecule has 11 heavy (non-hydrogen) atoms. The highest BCUT2D eigenvalue weighted by molar-refractivity contribution is 7.88. The van der Waals surface area contributed by atoms with Gasteiger partial charge in [0.25, 0.3) is 0 Å². The maximum Gasteiger partial charge on any atom is 0.208 e. The lowest BCUT2D eigenvalue weighted by atomic mass is 10.1. The fourth-order valence-electron chi connectivity index (χ4n) is 1.26. The molecule has 0 amide bonds. The predicted molar refractivity (Wildman–Crippen MR) is 43.9 cm³/mol. The maximum atomic E-state index is 10.8. The molecule has 0 spiro atoms. The minimum absolute atomic E-state index is 0.0961. The van der Waals surface area contributed by atoms with E-state index in [2.05, 4.69) is 10.0 Å². The van der Waals surface area contributed by atoms with Crippen molar-refractivity contribution in [3.8, 4) is 0 Å². The Morgan fingerprint density at radius 2 is 2.27 bits per heavy atom. The molecule has 66 valence electrons.